The topological polar surface area (TPSA) is 69.6 Å². The second-order valence-corrected chi connectivity index (χ2v) is 13.7. The molecule has 0 rings (SSSR count). The van der Waals surface area contributed by atoms with E-state index in [1.807, 2.05) is 0 Å². The maximum Gasteiger partial charge on any atom is 0.220 e. The molecule has 0 radical (unpaired) electrons. The summed E-state index contributed by atoms with van der Waals surface area (Å²) in [6.45, 7) is 4.35. The Labute approximate surface area is 276 Å². The van der Waals surface area contributed by atoms with Crippen molar-refractivity contribution in [3.8, 4) is 0 Å². The highest BCUT2D eigenvalue weighted by Gasteiger charge is 2.19. The number of allylic oxidation sites excluding steroid dienone is 2. The number of hydrogen-bond donors (Lipinski definition) is 3. The Bertz CT molecular complexity index is 593. The molecule has 4 heteroatoms. The summed E-state index contributed by atoms with van der Waals surface area (Å²) in [4.78, 5) is 12.3. The Morgan fingerprint density at radius 1 is 0.523 bits per heavy atom. The summed E-state index contributed by atoms with van der Waals surface area (Å²) in [7, 11) is 0. The fourth-order valence-electron chi connectivity index (χ4n) is 6.18. The summed E-state index contributed by atoms with van der Waals surface area (Å²) in [5.74, 6) is -0.0329. The van der Waals surface area contributed by atoms with Crippen LogP contribution in [0.25, 0.3) is 0 Å². The van der Waals surface area contributed by atoms with Gasteiger partial charge in [0.2, 0.25) is 5.91 Å². The lowest BCUT2D eigenvalue weighted by atomic mass is 10.0. The predicted octanol–water partition coefficient (Wildman–Crippen LogP) is 11.9. The van der Waals surface area contributed by atoms with Crippen molar-refractivity contribution in [1.82, 2.24) is 5.32 Å². The number of hydrogen-bond acceptors (Lipinski definition) is 3. The maximum absolute atomic E-state index is 12.3. The van der Waals surface area contributed by atoms with Crippen LogP contribution in [-0.4, -0.2) is 34.9 Å². The van der Waals surface area contributed by atoms with Crippen LogP contribution in [0.4, 0.5) is 0 Å². The number of carbonyl (C=O) groups excluding carboxylic acids is 1. The first-order valence-corrected chi connectivity index (χ1v) is 19.9. The third kappa shape index (κ3) is 32.5. The Hall–Kier alpha value is -0.870. The number of rotatable bonds is 36. The summed E-state index contributed by atoms with van der Waals surface area (Å²) in [5.41, 5.74) is 0. The lowest BCUT2D eigenvalue weighted by molar-refractivity contribution is -0.123. The molecule has 0 bridgehead atoms. The van der Waals surface area contributed by atoms with E-state index in [1.54, 1.807) is 0 Å². The van der Waals surface area contributed by atoms with E-state index in [4.69, 9.17) is 0 Å². The van der Waals surface area contributed by atoms with Crippen LogP contribution in [0.5, 0.6) is 0 Å². The second-order valence-electron chi connectivity index (χ2n) is 13.7. The van der Waals surface area contributed by atoms with Crippen LogP contribution in [0.2, 0.25) is 0 Å². The van der Waals surface area contributed by atoms with Crippen LogP contribution in [0.3, 0.4) is 0 Å². The zero-order valence-corrected chi connectivity index (χ0v) is 29.9. The van der Waals surface area contributed by atoms with E-state index in [1.165, 1.54) is 167 Å². The van der Waals surface area contributed by atoms with Gasteiger partial charge in [-0.3, -0.25) is 4.79 Å². The van der Waals surface area contributed by atoms with Crippen LogP contribution in [0.1, 0.15) is 219 Å². The van der Waals surface area contributed by atoms with Gasteiger partial charge in [-0.1, -0.05) is 187 Å². The van der Waals surface area contributed by atoms with E-state index in [0.29, 0.717) is 12.8 Å². The molecule has 44 heavy (non-hydrogen) atoms. The van der Waals surface area contributed by atoms with Gasteiger partial charge in [0.05, 0.1) is 18.8 Å². The number of carbonyl (C=O) groups is 1. The second kappa shape index (κ2) is 36.6. The van der Waals surface area contributed by atoms with Crippen LogP contribution >= 0.6 is 0 Å². The molecule has 262 valence electrons. The minimum absolute atomic E-state index is 0.0329. The van der Waals surface area contributed by atoms with Crippen molar-refractivity contribution >= 4 is 5.91 Å². The molecule has 0 aliphatic carbocycles. The standard InChI is InChI=1S/C40H79NO3/c1-3-5-7-9-11-13-15-17-18-19-20-21-22-24-26-28-30-32-34-36-40(44)41-38(37-42)39(43)35-33-31-29-27-25-23-16-14-12-10-8-6-4-2/h17-18,38-39,42-43H,3-16,19-37H2,1-2H3,(H,41,44)/b18-17-/t38-,39+/m0/s1. The molecule has 0 spiro atoms. The van der Waals surface area contributed by atoms with Gasteiger partial charge in [-0.15, -0.1) is 0 Å². The number of aliphatic hydroxyl groups excluding tert-OH is 2. The molecular weight excluding hydrogens is 542 g/mol. The molecule has 0 aliphatic heterocycles. The van der Waals surface area contributed by atoms with Crippen LogP contribution in [0.15, 0.2) is 12.2 Å². The predicted molar refractivity (Wildman–Crippen MR) is 193 cm³/mol. The Kier molecular flexibility index (Phi) is 35.9. The van der Waals surface area contributed by atoms with E-state index in [9.17, 15) is 15.0 Å². The van der Waals surface area contributed by atoms with Crippen molar-refractivity contribution in [3.63, 3.8) is 0 Å². The summed E-state index contributed by atoms with van der Waals surface area (Å²) in [6.07, 6.45) is 44.1. The molecule has 0 saturated carbocycles. The largest absolute Gasteiger partial charge is 0.394 e. The lowest BCUT2D eigenvalue weighted by Gasteiger charge is -2.22. The van der Waals surface area contributed by atoms with Crippen molar-refractivity contribution in [2.24, 2.45) is 0 Å². The SMILES string of the molecule is CCCCCCCC/C=C\CCCCCCCCCCCC(=O)N[C@@H](CO)[C@H](O)CCCCCCCCCCCCCCC. The zero-order valence-electron chi connectivity index (χ0n) is 29.9. The van der Waals surface area contributed by atoms with Crippen molar-refractivity contribution in [3.05, 3.63) is 12.2 Å². The molecule has 2 atom stereocenters. The summed E-state index contributed by atoms with van der Waals surface area (Å²) >= 11 is 0. The molecule has 0 fully saturated rings. The van der Waals surface area contributed by atoms with Gasteiger partial charge in [0.25, 0.3) is 0 Å². The quantitative estimate of drug-likeness (QED) is 0.0481. The summed E-state index contributed by atoms with van der Waals surface area (Å²) in [6, 6.07) is -0.532. The number of amides is 1. The third-order valence-electron chi connectivity index (χ3n) is 9.28. The first kappa shape index (κ1) is 43.1. The molecule has 0 heterocycles. The summed E-state index contributed by atoms with van der Waals surface area (Å²) < 4.78 is 0. The van der Waals surface area contributed by atoms with Crippen molar-refractivity contribution in [2.45, 2.75) is 231 Å². The fraction of sp³-hybridized carbons (Fsp3) is 0.925. The number of aliphatic hydroxyl groups is 2. The molecular formula is C40H79NO3. The smallest absolute Gasteiger partial charge is 0.220 e. The van der Waals surface area contributed by atoms with Crippen molar-refractivity contribution in [1.29, 1.82) is 0 Å². The van der Waals surface area contributed by atoms with Gasteiger partial charge in [0, 0.05) is 6.42 Å². The van der Waals surface area contributed by atoms with Gasteiger partial charge in [0.1, 0.15) is 0 Å². The molecule has 1 amide bonds. The first-order valence-electron chi connectivity index (χ1n) is 19.9. The van der Waals surface area contributed by atoms with Crippen molar-refractivity contribution < 1.29 is 15.0 Å². The first-order chi connectivity index (χ1) is 21.7. The highest BCUT2D eigenvalue weighted by atomic mass is 16.3. The minimum atomic E-state index is -0.655. The van der Waals surface area contributed by atoms with Gasteiger partial charge in [-0.25, -0.2) is 0 Å². The van der Waals surface area contributed by atoms with Crippen LogP contribution in [0, 0.1) is 0 Å². The molecule has 0 aliphatic rings. The van der Waals surface area contributed by atoms with E-state index >= 15 is 0 Å². The molecule has 0 unspecified atom stereocenters. The van der Waals surface area contributed by atoms with Gasteiger partial charge in [0.15, 0.2) is 0 Å². The molecule has 0 aromatic carbocycles. The van der Waals surface area contributed by atoms with Crippen LogP contribution in [-0.2, 0) is 4.79 Å². The normalized spacial score (nSPS) is 13.1. The monoisotopic (exact) mass is 622 g/mol. The highest BCUT2D eigenvalue weighted by molar-refractivity contribution is 5.76. The van der Waals surface area contributed by atoms with E-state index < -0.39 is 12.1 Å². The number of unbranched alkanes of at least 4 members (excludes halogenated alkanes) is 27. The Morgan fingerprint density at radius 2 is 0.864 bits per heavy atom. The molecule has 0 aromatic heterocycles. The molecule has 0 aromatic rings. The minimum Gasteiger partial charge on any atom is -0.394 e. The highest BCUT2D eigenvalue weighted by Crippen LogP contribution is 2.15. The Morgan fingerprint density at radius 3 is 1.25 bits per heavy atom. The average molecular weight is 622 g/mol. The number of nitrogens with one attached hydrogen (secondary N) is 1. The summed E-state index contributed by atoms with van der Waals surface area (Å²) in [5, 5.41) is 23.1. The van der Waals surface area contributed by atoms with E-state index in [0.717, 1.165) is 25.7 Å². The van der Waals surface area contributed by atoms with E-state index in [-0.39, 0.29) is 12.5 Å². The lowest BCUT2D eigenvalue weighted by Crippen LogP contribution is -2.45. The molecule has 4 nitrogen and oxygen atoms in total. The maximum atomic E-state index is 12.3. The fourth-order valence-corrected chi connectivity index (χ4v) is 6.18. The third-order valence-corrected chi connectivity index (χ3v) is 9.28. The molecule has 3 N–H and O–H groups in total. The van der Waals surface area contributed by atoms with Crippen LogP contribution < -0.4 is 5.32 Å². The average Bonchev–Trinajstić information content (AvgIpc) is 3.03. The van der Waals surface area contributed by atoms with Gasteiger partial charge < -0.3 is 15.5 Å². The van der Waals surface area contributed by atoms with E-state index in [2.05, 4.69) is 31.3 Å². The van der Waals surface area contributed by atoms with Gasteiger partial charge >= 0.3 is 0 Å². The molecule has 0 saturated heterocycles. The van der Waals surface area contributed by atoms with Gasteiger partial charge in [-0.2, -0.15) is 0 Å². The zero-order chi connectivity index (χ0) is 32.2. The van der Waals surface area contributed by atoms with Crippen molar-refractivity contribution in [2.75, 3.05) is 6.61 Å². The Balaban J connectivity index is 3.52. The van der Waals surface area contributed by atoms with Gasteiger partial charge in [-0.05, 0) is 38.5 Å².